The van der Waals surface area contributed by atoms with Crippen LogP contribution in [0, 0.1) is 18.8 Å². The molecule has 154 valence electrons. The average molecular weight is 432 g/mol. The summed E-state index contributed by atoms with van der Waals surface area (Å²) in [5, 5.41) is 7.12. The normalized spacial score (nSPS) is 11.0. The van der Waals surface area contributed by atoms with Crippen LogP contribution in [0.2, 0.25) is 5.15 Å². The van der Waals surface area contributed by atoms with Gasteiger partial charge < -0.3 is 5.32 Å². The largest absolute Gasteiger partial charge is 0.416 e. The molecule has 1 aromatic heterocycles. The lowest BCUT2D eigenvalue weighted by Crippen LogP contribution is -2.24. The lowest BCUT2D eigenvalue weighted by Gasteiger charge is -2.05. The highest BCUT2D eigenvalue weighted by molar-refractivity contribution is 6.33. The number of carbonyl (C=O) groups excluding carboxylic acids is 1. The monoisotopic (exact) mass is 431 g/mol. The number of rotatable bonds is 4. The second-order valence-electron chi connectivity index (χ2n) is 6.46. The SMILES string of the molecule is Cc1nn(Cc2ccccc2)c(Cl)c1C(=O)NCC#Cc1cccc(C(F)(F)F)c1. The van der Waals surface area contributed by atoms with Gasteiger partial charge in [-0.15, -0.1) is 0 Å². The van der Waals surface area contributed by atoms with E-state index in [1.54, 1.807) is 6.92 Å². The van der Waals surface area contributed by atoms with Gasteiger partial charge >= 0.3 is 6.18 Å². The Kier molecular flexibility index (Phi) is 6.48. The van der Waals surface area contributed by atoms with Gasteiger partial charge in [0.25, 0.3) is 5.91 Å². The molecule has 0 aliphatic heterocycles. The Labute approximate surface area is 176 Å². The van der Waals surface area contributed by atoms with Crippen molar-refractivity contribution in [3.05, 3.63) is 87.7 Å². The van der Waals surface area contributed by atoms with Crippen molar-refractivity contribution in [1.29, 1.82) is 0 Å². The quantitative estimate of drug-likeness (QED) is 0.609. The fraction of sp³-hybridized carbons (Fsp3) is 0.182. The van der Waals surface area contributed by atoms with Crippen LogP contribution in [0.15, 0.2) is 54.6 Å². The average Bonchev–Trinajstić information content (AvgIpc) is 2.98. The van der Waals surface area contributed by atoms with E-state index in [0.29, 0.717) is 12.2 Å². The molecule has 0 aliphatic carbocycles. The zero-order valence-electron chi connectivity index (χ0n) is 15.9. The summed E-state index contributed by atoms with van der Waals surface area (Å²) in [6.07, 6.45) is -4.43. The molecule has 1 heterocycles. The van der Waals surface area contributed by atoms with Gasteiger partial charge in [0, 0.05) is 5.56 Å². The summed E-state index contributed by atoms with van der Waals surface area (Å²) < 4.78 is 39.8. The minimum absolute atomic E-state index is 0.0469. The van der Waals surface area contributed by atoms with Crippen LogP contribution in [-0.2, 0) is 12.7 Å². The molecule has 0 fully saturated rings. The highest BCUT2D eigenvalue weighted by atomic mass is 35.5. The number of benzene rings is 2. The molecule has 0 bridgehead atoms. The third-order valence-electron chi connectivity index (χ3n) is 4.23. The predicted molar refractivity (Wildman–Crippen MR) is 108 cm³/mol. The molecule has 0 spiro atoms. The molecule has 0 saturated carbocycles. The van der Waals surface area contributed by atoms with Gasteiger partial charge in [0.15, 0.2) is 0 Å². The van der Waals surface area contributed by atoms with Crippen LogP contribution in [0.5, 0.6) is 0 Å². The van der Waals surface area contributed by atoms with E-state index in [1.165, 1.54) is 16.8 Å². The second kappa shape index (κ2) is 9.06. The van der Waals surface area contributed by atoms with Gasteiger partial charge in [-0.1, -0.05) is 59.8 Å². The number of amides is 1. The summed E-state index contributed by atoms with van der Waals surface area (Å²) >= 11 is 6.34. The van der Waals surface area contributed by atoms with Gasteiger partial charge in [-0.05, 0) is 30.7 Å². The first-order valence-corrected chi connectivity index (χ1v) is 9.34. The Bertz CT molecular complexity index is 1110. The van der Waals surface area contributed by atoms with Crippen LogP contribution in [0.25, 0.3) is 0 Å². The van der Waals surface area contributed by atoms with Crippen LogP contribution in [0.3, 0.4) is 0 Å². The number of aromatic nitrogens is 2. The van der Waals surface area contributed by atoms with Gasteiger partial charge in [0.1, 0.15) is 5.15 Å². The Hall–Kier alpha value is -3.24. The summed E-state index contributed by atoms with van der Waals surface area (Å²) in [4.78, 5) is 12.5. The fourth-order valence-corrected chi connectivity index (χ4v) is 3.12. The van der Waals surface area contributed by atoms with Crippen molar-refractivity contribution in [3.63, 3.8) is 0 Å². The van der Waals surface area contributed by atoms with Crippen LogP contribution >= 0.6 is 11.6 Å². The number of aryl methyl sites for hydroxylation is 1. The highest BCUT2D eigenvalue weighted by Crippen LogP contribution is 2.29. The van der Waals surface area contributed by atoms with E-state index in [-0.39, 0.29) is 22.8 Å². The Morgan fingerprint density at radius 3 is 2.60 bits per heavy atom. The molecule has 0 unspecified atom stereocenters. The van der Waals surface area contributed by atoms with E-state index in [1.807, 2.05) is 30.3 Å². The highest BCUT2D eigenvalue weighted by Gasteiger charge is 2.30. The molecule has 0 aliphatic rings. The van der Waals surface area contributed by atoms with Crippen LogP contribution < -0.4 is 5.32 Å². The maximum atomic E-state index is 12.7. The Morgan fingerprint density at radius 2 is 1.90 bits per heavy atom. The van der Waals surface area contributed by atoms with E-state index < -0.39 is 17.6 Å². The maximum absolute atomic E-state index is 12.7. The third-order valence-corrected chi connectivity index (χ3v) is 4.61. The first kappa shape index (κ1) is 21.5. The summed E-state index contributed by atoms with van der Waals surface area (Å²) in [6, 6.07) is 14.3. The van der Waals surface area contributed by atoms with Crippen molar-refractivity contribution in [2.24, 2.45) is 0 Å². The van der Waals surface area contributed by atoms with Crippen LogP contribution in [0.1, 0.15) is 32.7 Å². The molecular weight excluding hydrogens is 415 g/mol. The number of hydrogen-bond acceptors (Lipinski definition) is 2. The summed E-state index contributed by atoms with van der Waals surface area (Å²) in [6.45, 7) is 2.05. The lowest BCUT2D eigenvalue weighted by atomic mass is 10.1. The molecule has 0 radical (unpaired) electrons. The smallest absolute Gasteiger partial charge is 0.341 e. The molecule has 1 N–H and O–H groups in total. The zero-order chi connectivity index (χ0) is 21.7. The van der Waals surface area contributed by atoms with E-state index in [2.05, 4.69) is 22.3 Å². The van der Waals surface area contributed by atoms with Crippen molar-refractivity contribution in [3.8, 4) is 11.8 Å². The van der Waals surface area contributed by atoms with Gasteiger partial charge in [-0.3, -0.25) is 4.79 Å². The predicted octanol–water partition coefficient (Wildman–Crippen LogP) is 4.69. The molecule has 0 saturated heterocycles. The Morgan fingerprint density at radius 1 is 1.17 bits per heavy atom. The molecule has 8 heteroatoms. The number of hydrogen-bond donors (Lipinski definition) is 1. The topological polar surface area (TPSA) is 46.9 Å². The van der Waals surface area contributed by atoms with Crippen molar-refractivity contribution >= 4 is 17.5 Å². The molecule has 3 rings (SSSR count). The third kappa shape index (κ3) is 5.22. The summed E-state index contributed by atoms with van der Waals surface area (Å²) in [5.41, 5.74) is 1.14. The van der Waals surface area contributed by atoms with Crippen molar-refractivity contribution < 1.29 is 18.0 Å². The molecule has 4 nitrogen and oxygen atoms in total. The molecule has 0 atom stereocenters. The lowest BCUT2D eigenvalue weighted by molar-refractivity contribution is -0.137. The van der Waals surface area contributed by atoms with E-state index >= 15 is 0 Å². The van der Waals surface area contributed by atoms with Crippen molar-refractivity contribution in [1.82, 2.24) is 15.1 Å². The number of nitrogens with one attached hydrogen (secondary N) is 1. The van der Waals surface area contributed by atoms with Crippen LogP contribution in [0.4, 0.5) is 13.2 Å². The summed E-state index contributed by atoms with van der Waals surface area (Å²) in [5.74, 6) is 4.81. The van der Waals surface area contributed by atoms with Gasteiger partial charge in [-0.25, -0.2) is 4.68 Å². The zero-order valence-corrected chi connectivity index (χ0v) is 16.7. The van der Waals surface area contributed by atoms with E-state index in [0.717, 1.165) is 17.7 Å². The minimum Gasteiger partial charge on any atom is -0.341 e. The van der Waals surface area contributed by atoms with Crippen molar-refractivity contribution in [2.75, 3.05) is 6.54 Å². The van der Waals surface area contributed by atoms with E-state index in [4.69, 9.17) is 11.6 Å². The molecule has 2 aromatic carbocycles. The number of nitrogens with zero attached hydrogens (tertiary/aromatic N) is 2. The van der Waals surface area contributed by atoms with Gasteiger partial charge in [0.05, 0.1) is 29.9 Å². The minimum atomic E-state index is -4.43. The number of carbonyl (C=O) groups is 1. The Balaban J connectivity index is 1.66. The van der Waals surface area contributed by atoms with Gasteiger partial charge in [-0.2, -0.15) is 18.3 Å². The van der Waals surface area contributed by atoms with Crippen LogP contribution in [-0.4, -0.2) is 22.2 Å². The van der Waals surface area contributed by atoms with E-state index in [9.17, 15) is 18.0 Å². The molecule has 3 aromatic rings. The first-order valence-electron chi connectivity index (χ1n) is 8.97. The number of alkyl halides is 3. The molecule has 1 amide bonds. The second-order valence-corrected chi connectivity index (χ2v) is 6.82. The first-order chi connectivity index (χ1) is 14.3. The fourth-order valence-electron chi connectivity index (χ4n) is 2.80. The molecular formula is C22H17ClF3N3O. The molecule has 30 heavy (non-hydrogen) atoms. The maximum Gasteiger partial charge on any atom is 0.416 e. The standard InChI is InChI=1S/C22H17ClF3N3O/c1-15-19(20(23)29(28-15)14-17-7-3-2-4-8-17)21(30)27-12-6-10-16-9-5-11-18(13-16)22(24,25)26/h2-5,7-9,11,13H,12,14H2,1H3,(H,27,30). The number of halogens is 4. The van der Waals surface area contributed by atoms with Gasteiger partial charge in [0.2, 0.25) is 0 Å². The summed E-state index contributed by atoms with van der Waals surface area (Å²) in [7, 11) is 0. The van der Waals surface area contributed by atoms with Crippen molar-refractivity contribution in [2.45, 2.75) is 19.6 Å².